The van der Waals surface area contributed by atoms with Gasteiger partial charge in [0.25, 0.3) is 0 Å². The number of oxime groups is 1. The first-order chi connectivity index (χ1) is 10.1. The van der Waals surface area contributed by atoms with E-state index in [1.165, 1.54) is 24.8 Å². The molecule has 0 bridgehead atoms. The number of hydrogen-bond acceptors (Lipinski definition) is 3. The Morgan fingerprint density at radius 1 is 1.33 bits per heavy atom. The summed E-state index contributed by atoms with van der Waals surface area (Å²) in [5, 5.41) is 12.1. The van der Waals surface area contributed by atoms with Crippen LogP contribution in [0, 0.1) is 5.92 Å². The predicted molar refractivity (Wildman–Crippen MR) is 86.4 cm³/mol. The summed E-state index contributed by atoms with van der Waals surface area (Å²) in [6, 6.07) is 11.3. The van der Waals surface area contributed by atoms with Crippen LogP contribution in [0.15, 0.2) is 35.5 Å². The molecule has 1 aliphatic rings. The smallest absolute Gasteiger partial charge is 0.141 e. The molecule has 3 N–H and O–H groups in total. The molecule has 1 unspecified atom stereocenters. The van der Waals surface area contributed by atoms with Crippen molar-refractivity contribution >= 4 is 5.84 Å². The standard InChI is InChI=1S/C17H27N3O/c1-13(2)10-11-20(15-8-9-15)16(12-17(18)19-21)14-6-4-3-5-7-14/h3-7,13,15-16,21H,8-12H2,1-2H3,(H2,18,19). The van der Waals surface area contributed by atoms with Gasteiger partial charge in [-0.05, 0) is 37.3 Å². The molecule has 0 spiro atoms. The zero-order valence-electron chi connectivity index (χ0n) is 13.1. The zero-order valence-corrected chi connectivity index (χ0v) is 13.1. The minimum Gasteiger partial charge on any atom is -0.409 e. The monoisotopic (exact) mass is 289 g/mol. The summed E-state index contributed by atoms with van der Waals surface area (Å²) < 4.78 is 0. The second-order valence-electron chi connectivity index (χ2n) is 6.37. The summed E-state index contributed by atoms with van der Waals surface area (Å²) in [5.74, 6) is 0.991. The maximum absolute atomic E-state index is 8.93. The van der Waals surface area contributed by atoms with E-state index in [-0.39, 0.29) is 6.04 Å². The summed E-state index contributed by atoms with van der Waals surface area (Å²) in [7, 11) is 0. The molecule has 1 fully saturated rings. The first-order valence-corrected chi connectivity index (χ1v) is 7.89. The van der Waals surface area contributed by atoms with E-state index in [2.05, 4.69) is 48.2 Å². The van der Waals surface area contributed by atoms with Gasteiger partial charge in [-0.15, -0.1) is 0 Å². The number of rotatable bonds is 8. The van der Waals surface area contributed by atoms with Gasteiger partial charge >= 0.3 is 0 Å². The molecule has 0 saturated heterocycles. The third-order valence-corrected chi connectivity index (χ3v) is 4.10. The van der Waals surface area contributed by atoms with Crippen LogP contribution in [0.4, 0.5) is 0 Å². The molecule has 2 rings (SSSR count). The van der Waals surface area contributed by atoms with Gasteiger partial charge in [-0.2, -0.15) is 0 Å². The van der Waals surface area contributed by atoms with Crippen LogP contribution >= 0.6 is 0 Å². The van der Waals surface area contributed by atoms with Crippen LogP contribution in [0.3, 0.4) is 0 Å². The van der Waals surface area contributed by atoms with E-state index in [0.29, 0.717) is 24.2 Å². The molecule has 0 amide bonds. The van der Waals surface area contributed by atoms with E-state index in [0.717, 1.165) is 6.54 Å². The Hall–Kier alpha value is -1.55. The van der Waals surface area contributed by atoms with Crippen molar-refractivity contribution < 1.29 is 5.21 Å². The maximum atomic E-state index is 8.93. The fraction of sp³-hybridized carbons (Fsp3) is 0.588. The molecule has 116 valence electrons. The van der Waals surface area contributed by atoms with Crippen molar-refractivity contribution in [1.29, 1.82) is 0 Å². The van der Waals surface area contributed by atoms with E-state index >= 15 is 0 Å². The van der Waals surface area contributed by atoms with Gasteiger partial charge in [0.2, 0.25) is 0 Å². The topological polar surface area (TPSA) is 61.8 Å². The molecule has 1 saturated carbocycles. The normalized spacial score (nSPS) is 17.4. The third kappa shape index (κ3) is 4.74. The second kappa shape index (κ2) is 7.46. The second-order valence-corrected chi connectivity index (χ2v) is 6.37. The van der Waals surface area contributed by atoms with Gasteiger partial charge in [-0.3, -0.25) is 4.90 Å². The number of benzene rings is 1. The van der Waals surface area contributed by atoms with E-state index < -0.39 is 0 Å². The number of nitrogens with two attached hydrogens (primary N) is 1. The van der Waals surface area contributed by atoms with Crippen molar-refractivity contribution in [3.8, 4) is 0 Å². The minimum absolute atomic E-state index is 0.202. The first kappa shape index (κ1) is 15.8. The fourth-order valence-corrected chi connectivity index (χ4v) is 2.75. The molecule has 4 nitrogen and oxygen atoms in total. The Morgan fingerprint density at radius 3 is 2.52 bits per heavy atom. The minimum atomic E-state index is 0.202. The Kier molecular flexibility index (Phi) is 5.62. The molecule has 0 aliphatic heterocycles. The lowest BCUT2D eigenvalue weighted by molar-refractivity contribution is 0.179. The average molecular weight is 289 g/mol. The molecular formula is C17H27N3O. The number of hydrogen-bond donors (Lipinski definition) is 2. The fourth-order valence-electron chi connectivity index (χ4n) is 2.75. The highest BCUT2D eigenvalue weighted by atomic mass is 16.4. The van der Waals surface area contributed by atoms with Crippen molar-refractivity contribution in [3.63, 3.8) is 0 Å². The van der Waals surface area contributed by atoms with Crippen LogP contribution in [-0.2, 0) is 0 Å². The molecular weight excluding hydrogens is 262 g/mol. The third-order valence-electron chi connectivity index (χ3n) is 4.10. The van der Waals surface area contributed by atoms with Gasteiger partial charge in [-0.1, -0.05) is 49.3 Å². The summed E-state index contributed by atoms with van der Waals surface area (Å²) in [6.07, 6.45) is 4.28. The van der Waals surface area contributed by atoms with Crippen molar-refractivity contribution in [3.05, 3.63) is 35.9 Å². The molecule has 4 heteroatoms. The van der Waals surface area contributed by atoms with E-state index in [1.807, 2.05) is 6.07 Å². The molecule has 1 atom stereocenters. The van der Waals surface area contributed by atoms with Crippen LogP contribution in [-0.4, -0.2) is 28.5 Å². The SMILES string of the molecule is CC(C)CCN(C1CC1)C(C/C(N)=N/O)c1ccccc1. The lowest BCUT2D eigenvalue weighted by Crippen LogP contribution is -2.35. The highest BCUT2D eigenvalue weighted by Crippen LogP contribution is 2.36. The van der Waals surface area contributed by atoms with Gasteiger partial charge in [0, 0.05) is 18.5 Å². The van der Waals surface area contributed by atoms with Gasteiger partial charge in [0.15, 0.2) is 0 Å². The van der Waals surface area contributed by atoms with Crippen molar-refractivity contribution in [2.45, 2.75) is 51.6 Å². The van der Waals surface area contributed by atoms with Gasteiger partial charge in [0.1, 0.15) is 5.84 Å². The number of nitrogens with zero attached hydrogens (tertiary/aromatic N) is 2. The van der Waals surface area contributed by atoms with Crippen LogP contribution < -0.4 is 5.73 Å². The van der Waals surface area contributed by atoms with Crippen molar-refractivity contribution in [1.82, 2.24) is 4.90 Å². The summed E-state index contributed by atoms with van der Waals surface area (Å²) in [4.78, 5) is 2.55. The Balaban J connectivity index is 2.18. The Bertz CT molecular complexity index is 454. The first-order valence-electron chi connectivity index (χ1n) is 7.89. The molecule has 1 aromatic rings. The maximum Gasteiger partial charge on any atom is 0.141 e. The van der Waals surface area contributed by atoms with Crippen LogP contribution in [0.2, 0.25) is 0 Å². The number of amidine groups is 1. The highest BCUT2D eigenvalue weighted by molar-refractivity contribution is 5.80. The molecule has 1 aromatic carbocycles. The van der Waals surface area contributed by atoms with Gasteiger partial charge in [-0.25, -0.2) is 0 Å². The quantitative estimate of drug-likeness (QED) is 0.334. The van der Waals surface area contributed by atoms with Crippen LogP contribution in [0.5, 0.6) is 0 Å². The molecule has 0 aromatic heterocycles. The average Bonchev–Trinajstić information content (AvgIpc) is 3.31. The zero-order chi connectivity index (χ0) is 15.2. The van der Waals surface area contributed by atoms with Crippen LogP contribution in [0.25, 0.3) is 0 Å². The lowest BCUT2D eigenvalue weighted by atomic mass is 10.00. The molecule has 21 heavy (non-hydrogen) atoms. The predicted octanol–water partition coefficient (Wildman–Crippen LogP) is 3.37. The molecule has 0 heterocycles. The van der Waals surface area contributed by atoms with E-state index in [9.17, 15) is 0 Å². The Morgan fingerprint density at radius 2 is 2.00 bits per heavy atom. The van der Waals surface area contributed by atoms with Gasteiger partial charge < -0.3 is 10.9 Å². The van der Waals surface area contributed by atoms with Crippen molar-refractivity contribution in [2.75, 3.05) is 6.54 Å². The van der Waals surface area contributed by atoms with E-state index in [1.54, 1.807) is 0 Å². The van der Waals surface area contributed by atoms with E-state index in [4.69, 9.17) is 10.9 Å². The summed E-state index contributed by atoms with van der Waals surface area (Å²) in [5.41, 5.74) is 7.05. The summed E-state index contributed by atoms with van der Waals surface area (Å²) in [6.45, 7) is 5.58. The molecule has 0 radical (unpaired) electrons. The molecule has 1 aliphatic carbocycles. The lowest BCUT2D eigenvalue weighted by Gasteiger charge is -2.32. The summed E-state index contributed by atoms with van der Waals surface area (Å²) >= 11 is 0. The van der Waals surface area contributed by atoms with Crippen molar-refractivity contribution in [2.24, 2.45) is 16.8 Å². The highest BCUT2D eigenvalue weighted by Gasteiger charge is 2.34. The van der Waals surface area contributed by atoms with Gasteiger partial charge in [0.05, 0.1) is 0 Å². The largest absolute Gasteiger partial charge is 0.409 e. The Labute approximate surface area is 127 Å². The van der Waals surface area contributed by atoms with Crippen LogP contribution in [0.1, 0.15) is 51.1 Å².